The van der Waals surface area contributed by atoms with Crippen molar-refractivity contribution >= 4 is 17.3 Å². The van der Waals surface area contributed by atoms with Crippen LogP contribution >= 0.6 is 12.2 Å². The Kier molecular flexibility index (Phi) is 4.64. The van der Waals surface area contributed by atoms with Gasteiger partial charge in [-0.2, -0.15) is 0 Å². The molecule has 0 amide bonds. The van der Waals surface area contributed by atoms with Gasteiger partial charge in [-0.25, -0.2) is 0 Å². The van der Waals surface area contributed by atoms with Gasteiger partial charge in [-0.1, -0.05) is 6.07 Å². The van der Waals surface area contributed by atoms with E-state index in [1.165, 1.54) is 0 Å². The van der Waals surface area contributed by atoms with Crippen LogP contribution < -0.4 is 5.32 Å². The molecule has 4 rings (SSSR count). The number of nitrogens with one attached hydrogen (secondary N) is 1. The standard InChI is InChI=1S/C19H19N5OS/c25-12-11-24-18(17(22-19(24)26)15-6-1-2-9-21-15)16-7-4-10-23(16)14-5-3-8-20-13-14/h1-10,13,17-18,25H,11-12H2,(H,22,26)/t17-,18-/m1/s1. The molecule has 6 nitrogen and oxygen atoms in total. The Balaban J connectivity index is 1.81. The van der Waals surface area contributed by atoms with Gasteiger partial charge < -0.3 is 19.9 Å². The molecule has 1 fully saturated rings. The lowest BCUT2D eigenvalue weighted by atomic mass is 10.0. The molecular weight excluding hydrogens is 346 g/mol. The van der Waals surface area contributed by atoms with E-state index in [0.29, 0.717) is 11.7 Å². The largest absolute Gasteiger partial charge is 0.395 e. The van der Waals surface area contributed by atoms with Gasteiger partial charge in [0.25, 0.3) is 0 Å². The Morgan fingerprint density at radius 3 is 2.77 bits per heavy atom. The molecule has 26 heavy (non-hydrogen) atoms. The topological polar surface area (TPSA) is 66.2 Å². The van der Waals surface area contributed by atoms with Crippen molar-refractivity contribution in [2.24, 2.45) is 0 Å². The van der Waals surface area contributed by atoms with Crippen LogP contribution in [-0.2, 0) is 0 Å². The molecule has 0 radical (unpaired) electrons. The molecule has 7 heteroatoms. The molecule has 2 atom stereocenters. The molecule has 1 aliphatic rings. The van der Waals surface area contributed by atoms with E-state index in [4.69, 9.17) is 12.2 Å². The van der Waals surface area contributed by atoms with E-state index in [1.54, 1.807) is 12.4 Å². The number of hydrogen-bond donors (Lipinski definition) is 2. The molecule has 0 bridgehead atoms. The summed E-state index contributed by atoms with van der Waals surface area (Å²) in [6.07, 6.45) is 7.39. The van der Waals surface area contributed by atoms with Gasteiger partial charge in [0.15, 0.2) is 5.11 Å². The van der Waals surface area contributed by atoms with Gasteiger partial charge >= 0.3 is 0 Å². The van der Waals surface area contributed by atoms with Crippen molar-refractivity contribution in [2.45, 2.75) is 12.1 Å². The number of β-amino-alcohol motifs (C(OH)–C–C–N with tert-alkyl or cyclic N) is 1. The van der Waals surface area contributed by atoms with Crippen molar-refractivity contribution in [2.75, 3.05) is 13.2 Å². The SMILES string of the molecule is OCCN1C(=S)N[C@H](c2ccccn2)[C@H]1c1cccn1-c1cccnc1. The molecule has 0 aromatic carbocycles. The van der Waals surface area contributed by atoms with E-state index >= 15 is 0 Å². The van der Waals surface area contributed by atoms with E-state index < -0.39 is 0 Å². The highest BCUT2D eigenvalue weighted by molar-refractivity contribution is 7.80. The monoisotopic (exact) mass is 365 g/mol. The maximum Gasteiger partial charge on any atom is 0.170 e. The van der Waals surface area contributed by atoms with Crippen molar-refractivity contribution in [3.05, 3.63) is 78.6 Å². The minimum atomic E-state index is -0.0967. The Hall–Kier alpha value is -2.77. The van der Waals surface area contributed by atoms with Crippen molar-refractivity contribution in [1.29, 1.82) is 0 Å². The van der Waals surface area contributed by atoms with Crippen LogP contribution in [0.25, 0.3) is 5.69 Å². The highest BCUT2D eigenvalue weighted by atomic mass is 32.1. The fourth-order valence-electron chi connectivity index (χ4n) is 3.44. The first kappa shape index (κ1) is 16.7. The maximum atomic E-state index is 9.54. The number of hydrogen-bond acceptors (Lipinski definition) is 4. The zero-order chi connectivity index (χ0) is 17.9. The molecule has 0 spiro atoms. The van der Waals surface area contributed by atoms with Crippen molar-refractivity contribution in [3.8, 4) is 5.69 Å². The molecule has 3 aromatic heterocycles. The molecule has 0 saturated carbocycles. The molecule has 3 aromatic rings. The number of thiocarbonyl (C=S) groups is 1. The van der Waals surface area contributed by atoms with Crippen LogP contribution in [0.15, 0.2) is 67.3 Å². The summed E-state index contributed by atoms with van der Waals surface area (Å²) in [6.45, 7) is 0.485. The first-order chi connectivity index (χ1) is 12.8. The number of aliphatic hydroxyl groups excluding tert-OH is 1. The number of aromatic nitrogens is 3. The Bertz CT molecular complexity index is 883. The highest BCUT2D eigenvalue weighted by Gasteiger charge is 2.40. The predicted molar refractivity (Wildman–Crippen MR) is 103 cm³/mol. The van der Waals surface area contributed by atoms with Crippen LogP contribution in [0.3, 0.4) is 0 Å². The molecule has 2 N–H and O–H groups in total. The first-order valence-electron chi connectivity index (χ1n) is 8.46. The lowest BCUT2D eigenvalue weighted by molar-refractivity contribution is 0.220. The second-order valence-electron chi connectivity index (χ2n) is 6.06. The van der Waals surface area contributed by atoms with Crippen LogP contribution in [0.5, 0.6) is 0 Å². The Morgan fingerprint density at radius 1 is 1.12 bits per heavy atom. The smallest absolute Gasteiger partial charge is 0.170 e. The summed E-state index contributed by atoms with van der Waals surface area (Å²) >= 11 is 5.55. The molecule has 4 heterocycles. The van der Waals surface area contributed by atoms with Crippen LogP contribution in [0, 0.1) is 0 Å². The third-order valence-electron chi connectivity index (χ3n) is 4.55. The molecule has 1 saturated heterocycles. The van der Waals surface area contributed by atoms with Gasteiger partial charge in [0.2, 0.25) is 0 Å². The summed E-state index contributed by atoms with van der Waals surface area (Å²) in [7, 11) is 0. The lowest BCUT2D eigenvalue weighted by Crippen LogP contribution is -2.32. The van der Waals surface area contributed by atoms with Gasteiger partial charge in [0.05, 0.1) is 36.3 Å². The van der Waals surface area contributed by atoms with Gasteiger partial charge in [-0.05, 0) is 48.6 Å². The van der Waals surface area contributed by atoms with Crippen molar-refractivity contribution < 1.29 is 5.11 Å². The number of aliphatic hydroxyl groups is 1. The molecule has 132 valence electrons. The number of rotatable bonds is 5. The quantitative estimate of drug-likeness (QED) is 0.676. The maximum absolute atomic E-state index is 9.54. The summed E-state index contributed by atoms with van der Waals surface area (Å²) in [5.41, 5.74) is 2.96. The molecule has 0 unspecified atom stereocenters. The fourth-order valence-corrected chi connectivity index (χ4v) is 3.77. The third-order valence-corrected chi connectivity index (χ3v) is 4.90. The minimum Gasteiger partial charge on any atom is -0.395 e. The summed E-state index contributed by atoms with van der Waals surface area (Å²) in [5.74, 6) is 0. The summed E-state index contributed by atoms with van der Waals surface area (Å²) in [6, 6.07) is 13.7. The first-order valence-corrected chi connectivity index (χ1v) is 8.87. The normalized spacial score (nSPS) is 19.6. The summed E-state index contributed by atoms with van der Waals surface area (Å²) < 4.78 is 2.10. The zero-order valence-electron chi connectivity index (χ0n) is 14.1. The number of pyridine rings is 2. The predicted octanol–water partition coefficient (Wildman–Crippen LogP) is 2.23. The molecule has 1 aliphatic heterocycles. The fraction of sp³-hybridized carbons (Fsp3) is 0.211. The summed E-state index contributed by atoms with van der Waals surface area (Å²) in [4.78, 5) is 10.8. The third kappa shape index (κ3) is 2.95. The van der Waals surface area contributed by atoms with Crippen molar-refractivity contribution in [1.82, 2.24) is 24.8 Å². The second-order valence-corrected chi connectivity index (χ2v) is 6.44. The van der Waals surface area contributed by atoms with Crippen molar-refractivity contribution in [3.63, 3.8) is 0 Å². The van der Waals surface area contributed by atoms with Gasteiger partial charge in [-0.3, -0.25) is 9.97 Å². The van der Waals surface area contributed by atoms with Crippen LogP contribution in [0.4, 0.5) is 0 Å². The Labute approximate surface area is 157 Å². The molecular formula is C19H19N5OS. The Morgan fingerprint density at radius 2 is 2.04 bits per heavy atom. The average molecular weight is 365 g/mol. The molecule has 0 aliphatic carbocycles. The van der Waals surface area contributed by atoms with Crippen LogP contribution in [-0.4, -0.2) is 42.8 Å². The number of nitrogens with zero attached hydrogens (tertiary/aromatic N) is 4. The van der Waals surface area contributed by atoms with E-state index in [0.717, 1.165) is 17.1 Å². The summed E-state index contributed by atoms with van der Waals surface area (Å²) in [5, 5.41) is 13.5. The van der Waals surface area contributed by atoms with Gasteiger partial charge in [0.1, 0.15) is 0 Å². The van der Waals surface area contributed by atoms with Crippen LogP contribution in [0.2, 0.25) is 0 Å². The zero-order valence-corrected chi connectivity index (χ0v) is 14.9. The van der Waals surface area contributed by atoms with E-state index in [-0.39, 0.29) is 18.7 Å². The average Bonchev–Trinajstić information content (AvgIpc) is 3.28. The van der Waals surface area contributed by atoms with Gasteiger partial charge in [-0.15, -0.1) is 0 Å². The van der Waals surface area contributed by atoms with Crippen LogP contribution in [0.1, 0.15) is 23.5 Å². The van der Waals surface area contributed by atoms with E-state index in [9.17, 15) is 5.11 Å². The second kappa shape index (κ2) is 7.23. The lowest BCUT2D eigenvalue weighted by Gasteiger charge is -2.28. The van der Waals surface area contributed by atoms with E-state index in [1.807, 2.05) is 53.7 Å². The minimum absolute atomic E-state index is 0.0286. The van der Waals surface area contributed by atoms with E-state index in [2.05, 4.69) is 25.9 Å². The van der Waals surface area contributed by atoms with Gasteiger partial charge in [0, 0.05) is 30.8 Å². The highest BCUT2D eigenvalue weighted by Crippen LogP contribution is 2.39.